The Labute approximate surface area is 241 Å². The summed E-state index contributed by atoms with van der Waals surface area (Å²) in [7, 11) is -1.27. The van der Waals surface area contributed by atoms with Gasteiger partial charge in [0.1, 0.15) is 5.82 Å². The number of aliphatic hydroxyl groups is 1. The van der Waals surface area contributed by atoms with Gasteiger partial charge in [-0.15, -0.1) is 0 Å². The molecule has 2 aliphatic heterocycles. The van der Waals surface area contributed by atoms with E-state index in [4.69, 9.17) is 15.7 Å². The summed E-state index contributed by atoms with van der Waals surface area (Å²) >= 11 is 0. The second-order valence-corrected chi connectivity index (χ2v) is 12.6. The summed E-state index contributed by atoms with van der Waals surface area (Å²) < 4.78 is 27.4. The van der Waals surface area contributed by atoms with Crippen LogP contribution in [-0.2, 0) is 22.9 Å². The highest BCUT2D eigenvalue weighted by atomic mass is 32.2. The number of fused-ring (bicyclic) bond motifs is 1. The molecule has 0 unspecified atom stereocenters. The topological polar surface area (TPSA) is 145 Å². The van der Waals surface area contributed by atoms with Gasteiger partial charge in [-0.3, -0.25) is 0 Å². The molecular weight excluding hydrogens is 542 g/mol. The van der Waals surface area contributed by atoms with Crippen molar-refractivity contribution in [1.82, 2.24) is 29.1 Å². The minimum atomic E-state index is -3.29. The number of hydrogen-bond acceptors (Lipinski definition) is 11. The van der Waals surface area contributed by atoms with Crippen molar-refractivity contribution in [3.05, 3.63) is 47.8 Å². The zero-order chi connectivity index (χ0) is 29.0. The molecule has 5 rings (SSSR count). The fourth-order valence-corrected chi connectivity index (χ4v) is 6.79. The van der Waals surface area contributed by atoms with E-state index in [0.717, 1.165) is 66.4 Å². The number of hydrogen-bond donors (Lipinski definition) is 2. The molecule has 0 aliphatic carbocycles. The van der Waals surface area contributed by atoms with E-state index in [2.05, 4.69) is 26.7 Å². The van der Waals surface area contributed by atoms with Crippen molar-refractivity contribution in [2.24, 2.45) is 0 Å². The summed E-state index contributed by atoms with van der Waals surface area (Å²) in [5.41, 5.74) is 10.2. The number of sulfonamides is 1. The van der Waals surface area contributed by atoms with Gasteiger partial charge in [0.05, 0.1) is 18.1 Å². The first kappa shape index (κ1) is 29.1. The number of aromatic nitrogens is 4. The van der Waals surface area contributed by atoms with Crippen LogP contribution in [0.25, 0.3) is 11.3 Å². The number of rotatable bonds is 11. The van der Waals surface area contributed by atoms with Crippen molar-refractivity contribution in [3.8, 4) is 11.3 Å². The molecule has 13 heteroatoms. The number of anilines is 4. The quantitative estimate of drug-likeness (QED) is 0.340. The third kappa shape index (κ3) is 6.58. The first-order valence-electron chi connectivity index (χ1n) is 14.2. The molecule has 41 heavy (non-hydrogen) atoms. The first-order chi connectivity index (χ1) is 19.8. The molecule has 1 fully saturated rings. The van der Waals surface area contributed by atoms with Crippen LogP contribution >= 0.6 is 0 Å². The molecule has 1 saturated heterocycles. The lowest BCUT2D eigenvalue weighted by molar-refractivity contribution is 0.222. The van der Waals surface area contributed by atoms with Crippen LogP contribution in [0.3, 0.4) is 0 Å². The van der Waals surface area contributed by atoms with Crippen molar-refractivity contribution in [3.63, 3.8) is 0 Å². The lowest BCUT2D eigenvalue weighted by atomic mass is 10.1. The van der Waals surface area contributed by atoms with Crippen LogP contribution in [0.5, 0.6) is 0 Å². The Morgan fingerprint density at radius 1 is 1.00 bits per heavy atom. The van der Waals surface area contributed by atoms with E-state index < -0.39 is 10.0 Å². The number of piperazine rings is 1. The van der Waals surface area contributed by atoms with Crippen molar-refractivity contribution < 1.29 is 13.5 Å². The van der Waals surface area contributed by atoms with Crippen LogP contribution in [0, 0.1) is 0 Å². The highest BCUT2D eigenvalue weighted by Gasteiger charge is 2.29. The summed E-state index contributed by atoms with van der Waals surface area (Å²) in [4.78, 5) is 24.5. The Morgan fingerprint density at radius 2 is 1.71 bits per heavy atom. The Kier molecular flexibility index (Phi) is 8.97. The molecule has 2 aliphatic rings. The molecule has 3 aromatic rings. The van der Waals surface area contributed by atoms with Gasteiger partial charge in [0, 0.05) is 75.0 Å². The van der Waals surface area contributed by atoms with Gasteiger partial charge in [-0.1, -0.05) is 19.1 Å². The fourth-order valence-electron chi connectivity index (χ4n) is 5.32. The van der Waals surface area contributed by atoms with Gasteiger partial charge in [0.25, 0.3) is 0 Å². The maximum atomic E-state index is 12.9. The number of aryl methyl sites for hydroxylation is 1. The Bertz CT molecular complexity index is 1420. The van der Waals surface area contributed by atoms with E-state index >= 15 is 0 Å². The number of aliphatic hydroxyl groups excluding tert-OH is 1. The minimum Gasteiger partial charge on any atom is -0.395 e. The summed E-state index contributed by atoms with van der Waals surface area (Å²) in [5, 5.41) is 9.69. The number of likely N-dealkylation sites (N-methyl/N-ethyl adjacent to an activating group) is 1. The zero-order valence-electron chi connectivity index (χ0n) is 23.8. The average molecular weight is 582 g/mol. The first-order valence-corrected chi connectivity index (χ1v) is 15.8. The molecule has 0 bridgehead atoms. The maximum absolute atomic E-state index is 12.9. The van der Waals surface area contributed by atoms with E-state index in [1.54, 1.807) is 16.7 Å². The number of benzene rings is 1. The Morgan fingerprint density at radius 3 is 2.37 bits per heavy atom. The summed E-state index contributed by atoms with van der Waals surface area (Å²) in [6, 6.07) is 8.05. The SMILES string of the molecule is CCCN(CCO)c1nc(-c2cnc(N)nc2)c2c(n1)N(c1ccc(CCS(=O)(=O)N3CCN(C)CC3)cc1)CC2. The van der Waals surface area contributed by atoms with Gasteiger partial charge in [-0.05, 0) is 44.0 Å². The largest absolute Gasteiger partial charge is 0.395 e. The third-order valence-electron chi connectivity index (χ3n) is 7.66. The van der Waals surface area contributed by atoms with Gasteiger partial charge in [0.2, 0.25) is 21.9 Å². The highest BCUT2D eigenvalue weighted by Crippen LogP contribution is 2.39. The molecule has 12 nitrogen and oxygen atoms in total. The molecule has 0 atom stereocenters. The normalized spacial score (nSPS) is 16.2. The van der Waals surface area contributed by atoms with Crippen LogP contribution in [0.15, 0.2) is 36.7 Å². The Balaban J connectivity index is 1.39. The average Bonchev–Trinajstić information content (AvgIpc) is 3.41. The lowest BCUT2D eigenvalue weighted by Gasteiger charge is -2.31. The molecule has 0 spiro atoms. The lowest BCUT2D eigenvalue weighted by Crippen LogP contribution is -2.47. The van der Waals surface area contributed by atoms with Gasteiger partial charge in [-0.2, -0.15) is 9.29 Å². The predicted octanol–water partition coefficient (Wildman–Crippen LogP) is 1.54. The maximum Gasteiger partial charge on any atom is 0.227 e. The van der Waals surface area contributed by atoms with E-state index in [9.17, 15) is 13.5 Å². The third-order valence-corrected chi connectivity index (χ3v) is 9.53. The van der Waals surface area contributed by atoms with Gasteiger partial charge >= 0.3 is 0 Å². The second kappa shape index (κ2) is 12.6. The van der Waals surface area contributed by atoms with Crippen molar-refractivity contribution >= 4 is 33.4 Å². The fraction of sp³-hybridized carbons (Fsp3) is 0.500. The van der Waals surface area contributed by atoms with Crippen molar-refractivity contribution in [2.75, 3.05) is 80.8 Å². The summed E-state index contributed by atoms with van der Waals surface area (Å²) in [6.45, 7) is 6.57. The highest BCUT2D eigenvalue weighted by molar-refractivity contribution is 7.89. The molecule has 4 heterocycles. The zero-order valence-corrected chi connectivity index (χ0v) is 24.6. The van der Waals surface area contributed by atoms with Gasteiger partial charge < -0.3 is 25.5 Å². The van der Waals surface area contributed by atoms with E-state index in [0.29, 0.717) is 38.5 Å². The van der Waals surface area contributed by atoms with E-state index in [1.165, 1.54) is 0 Å². The van der Waals surface area contributed by atoms with Crippen LogP contribution in [0.1, 0.15) is 24.5 Å². The second-order valence-electron chi connectivity index (χ2n) is 10.6. The van der Waals surface area contributed by atoms with Crippen LogP contribution in [0.4, 0.5) is 23.4 Å². The summed E-state index contributed by atoms with van der Waals surface area (Å²) in [6.07, 6.45) is 5.45. The molecule has 0 saturated carbocycles. The number of nitrogen functional groups attached to an aromatic ring is 1. The Hall–Kier alpha value is -3.39. The van der Waals surface area contributed by atoms with Crippen molar-refractivity contribution in [2.45, 2.75) is 26.2 Å². The standard InChI is InChI=1S/C28H39N9O3S/c1-3-10-35(16-17-38)28-32-25(22-19-30-27(29)31-20-22)24-8-11-37(26(24)33-28)23-6-4-21(5-7-23)9-18-41(39,40)36-14-12-34(2)13-15-36/h4-7,19-20,38H,3,8-18H2,1-2H3,(H2,29,30,31). The van der Waals surface area contributed by atoms with Gasteiger partial charge in [0.15, 0.2) is 0 Å². The monoisotopic (exact) mass is 581 g/mol. The molecule has 1 aromatic carbocycles. The molecular formula is C28H39N9O3S. The van der Waals surface area contributed by atoms with Crippen LogP contribution in [0.2, 0.25) is 0 Å². The van der Waals surface area contributed by atoms with E-state index in [1.807, 2.05) is 36.2 Å². The molecule has 0 radical (unpaired) electrons. The van der Waals surface area contributed by atoms with E-state index in [-0.39, 0.29) is 18.3 Å². The molecule has 0 amide bonds. The van der Waals surface area contributed by atoms with Crippen LogP contribution in [-0.4, -0.2) is 108 Å². The molecule has 220 valence electrons. The van der Waals surface area contributed by atoms with Crippen molar-refractivity contribution in [1.29, 1.82) is 0 Å². The van der Waals surface area contributed by atoms with Crippen LogP contribution < -0.4 is 15.5 Å². The molecule has 3 N–H and O–H groups in total. The summed E-state index contributed by atoms with van der Waals surface area (Å²) in [5.74, 6) is 1.66. The predicted molar refractivity (Wildman–Crippen MR) is 161 cm³/mol. The van der Waals surface area contributed by atoms with Gasteiger partial charge in [-0.25, -0.2) is 23.4 Å². The smallest absolute Gasteiger partial charge is 0.227 e. The number of nitrogens with two attached hydrogens (primary N) is 1. The molecule has 2 aromatic heterocycles. The number of nitrogens with zero attached hydrogens (tertiary/aromatic N) is 8. The minimum absolute atomic E-state index is 0.00351.